The van der Waals surface area contributed by atoms with Gasteiger partial charge in [-0.3, -0.25) is 0 Å². The van der Waals surface area contributed by atoms with Gasteiger partial charge in [-0.25, -0.2) is 0 Å². The molecule has 0 amide bonds. The molecule has 0 saturated carbocycles. The summed E-state index contributed by atoms with van der Waals surface area (Å²) in [6.45, 7) is 2.29. The van der Waals surface area contributed by atoms with E-state index in [1.807, 2.05) is 0 Å². The Morgan fingerprint density at radius 1 is 0.667 bits per heavy atom. The highest BCUT2D eigenvalue weighted by Crippen LogP contribution is 2.16. The maximum atomic E-state index is 6.06. The van der Waals surface area contributed by atoms with E-state index in [9.17, 15) is 0 Å². The van der Waals surface area contributed by atoms with E-state index in [2.05, 4.69) is 35.4 Å². The number of hydrogen-bond acceptors (Lipinski definition) is 0. The highest BCUT2D eigenvalue weighted by atomic mass is 35.5. The van der Waals surface area contributed by atoms with E-state index < -0.39 is 0 Å². The second-order valence-electron chi connectivity index (χ2n) is 8.13. The molecule has 0 atom stereocenters. The Hall–Kier alpha value is -0.273. The van der Waals surface area contributed by atoms with E-state index in [1.165, 1.54) is 119 Å². The molecule has 27 heavy (non-hydrogen) atoms. The van der Waals surface area contributed by atoms with Gasteiger partial charge in [0, 0.05) is 5.88 Å². The molecule has 2 heteroatoms. The minimum Gasteiger partial charge on any atom is -0.122 e. The summed E-state index contributed by atoms with van der Waals surface area (Å²) in [5.74, 6) is 0.618. The molecule has 0 aliphatic rings. The van der Waals surface area contributed by atoms with Gasteiger partial charge in [-0.1, -0.05) is 127 Å². The Morgan fingerprint density at radius 2 is 1.11 bits per heavy atom. The fraction of sp³-hybridized carbons (Fsp3) is 0.760. The van der Waals surface area contributed by atoms with Crippen LogP contribution in [0.3, 0.4) is 0 Å². The fourth-order valence-corrected chi connectivity index (χ4v) is 4.54. The molecule has 0 nitrogen and oxygen atoms in total. The van der Waals surface area contributed by atoms with Crippen LogP contribution in [0.1, 0.15) is 121 Å². The van der Waals surface area contributed by atoms with Crippen LogP contribution in [0.5, 0.6) is 0 Å². The fourth-order valence-electron chi connectivity index (χ4n) is 3.90. The third-order valence-corrected chi connectivity index (χ3v) is 6.45. The van der Waals surface area contributed by atoms with Gasteiger partial charge in [-0.2, -0.15) is 0 Å². The van der Waals surface area contributed by atoms with Gasteiger partial charge < -0.3 is 0 Å². The highest BCUT2D eigenvalue weighted by Gasteiger charge is 2.04. The van der Waals surface area contributed by atoms with Crippen LogP contribution >= 0.6 is 11.6 Å². The first-order valence-electron chi connectivity index (χ1n) is 11.7. The van der Waals surface area contributed by atoms with Crippen molar-refractivity contribution in [2.75, 3.05) is 0 Å². The molecule has 1 aromatic carbocycles. The van der Waals surface area contributed by atoms with Crippen LogP contribution in [0.15, 0.2) is 18.2 Å². The molecule has 0 N–H and O–H groups in total. The smallest absolute Gasteiger partial charge is 0.0715 e. The Kier molecular flexibility index (Phi) is 16.3. The quantitative estimate of drug-likeness (QED) is 0.132. The van der Waals surface area contributed by atoms with Crippen molar-refractivity contribution in [1.29, 1.82) is 0 Å². The van der Waals surface area contributed by atoms with E-state index >= 15 is 0 Å². The van der Waals surface area contributed by atoms with Gasteiger partial charge in [0.05, 0.1) is 10.2 Å². The molecule has 0 fully saturated rings. The third kappa shape index (κ3) is 12.7. The number of unbranched alkanes of at least 4 members (excludes halogenated alkanes) is 15. The van der Waals surface area contributed by atoms with Crippen molar-refractivity contribution in [3.05, 3.63) is 29.3 Å². The van der Waals surface area contributed by atoms with E-state index in [0.717, 1.165) is 6.42 Å². The van der Waals surface area contributed by atoms with Crippen LogP contribution < -0.4 is 5.19 Å². The average Bonchev–Trinajstić information content (AvgIpc) is 2.68. The Balaban J connectivity index is 1.86. The van der Waals surface area contributed by atoms with Crippen LogP contribution in [0, 0.1) is 0 Å². The van der Waals surface area contributed by atoms with Crippen molar-refractivity contribution in [2.45, 2.75) is 122 Å². The number of alkyl halides is 1. The summed E-state index contributed by atoms with van der Waals surface area (Å²) in [6.07, 6.45) is 23.9. The maximum absolute atomic E-state index is 6.06. The van der Waals surface area contributed by atoms with Gasteiger partial charge in [0.15, 0.2) is 0 Å². The van der Waals surface area contributed by atoms with Crippen LogP contribution in [-0.2, 0) is 12.3 Å². The van der Waals surface area contributed by atoms with Crippen molar-refractivity contribution in [3.63, 3.8) is 0 Å². The van der Waals surface area contributed by atoms with E-state index in [1.54, 1.807) is 0 Å². The van der Waals surface area contributed by atoms with Gasteiger partial charge in [0.1, 0.15) is 0 Å². The lowest BCUT2D eigenvalue weighted by Crippen LogP contribution is -2.12. The largest absolute Gasteiger partial charge is 0.122 e. The van der Waals surface area contributed by atoms with Gasteiger partial charge in [-0.15, -0.1) is 11.6 Å². The van der Waals surface area contributed by atoms with Crippen molar-refractivity contribution < 1.29 is 0 Å². The number of rotatable bonds is 18. The minimum atomic E-state index is 0.618. The molecule has 1 rings (SSSR count). The second kappa shape index (κ2) is 17.8. The first kappa shape index (κ1) is 24.8. The summed E-state index contributed by atoms with van der Waals surface area (Å²) in [5.41, 5.74) is 2.69. The predicted octanol–water partition coefficient (Wildman–Crippen LogP) is 8.02. The monoisotopic (exact) mass is 405 g/mol. The molecule has 0 aromatic heterocycles. The normalized spacial score (nSPS) is 11.2. The summed E-state index contributed by atoms with van der Waals surface area (Å²) in [7, 11) is 3.73. The van der Waals surface area contributed by atoms with Gasteiger partial charge >= 0.3 is 0 Å². The zero-order valence-corrected chi connectivity index (χ0v) is 19.6. The maximum Gasteiger partial charge on any atom is 0.0715 e. The van der Waals surface area contributed by atoms with Crippen molar-refractivity contribution in [3.8, 4) is 0 Å². The first-order valence-corrected chi connectivity index (χ1v) is 12.7. The van der Waals surface area contributed by atoms with E-state index in [4.69, 9.17) is 11.6 Å². The molecule has 1 aromatic rings. The summed E-state index contributed by atoms with van der Waals surface area (Å²) in [5, 5.41) is 1.22. The average molecular weight is 406 g/mol. The van der Waals surface area contributed by atoms with Gasteiger partial charge in [0.2, 0.25) is 0 Å². The number of benzene rings is 1. The van der Waals surface area contributed by atoms with Crippen molar-refractivity contribution >= 4 is 27.0 Å². The zero-order valence-electron chi connectivity index (χ0n) is 17.8. The van der Waals surface area contributed by atoms with E-state index in [-0.39, 0.29) is 0 Å². The van der Waals surface area contributed by atoms with Gasteiger partial charge in [0.25, 0.3) is 0 Å². The molecule has 0 aliphatic carbocycles. The molecule has 0 spiro atoms. The summed E-state index contributed by atoms with van der Waals surface area (Å²) < 4.78 is 0. The first-order chi connectivity index (χ1) is 13.3. The third-order valence-electron chi connectivity index (χ3n) is 5.70. The summed E-state index contributed by atoms with van der Waals surface area (Å²) in [6, 6.07) is 6.37. The topological polar surface area (TPSA) is 0 Å². The lowest BCUT2D eigenvalue weighted by atomic mass is 10.0. The number of hydrogen-bond donors (Lipinski definition) is 0. The molecule has 0 saturated heterocycles. The second-order valence-corrected chi connectivity index (χ2v) is 8.94. The van der Waals surface area contributed by atoms with E-state index in [0.29, 0.717) is 5.88 Å². The minimum absolute atomic E-state index is 0.618. The van der Waals surface area contributed by atoms with Crippen LogP contribution in [-0.4, -0.2) is 10.2 Å². The predicted molar refractivity (Wildman–Crippen MR) is 125 cm³/mol. The van der Waals surface area contributed by atoms with Crippen LogP contribution in [0.25, 0.3) is 0 Å². The molecular formula is C25H42ClSi. The molecule has 153 valence electrons. The standard InChI is InChI=1S/C25H42ClSi/c1-2-3-4-5-6-7-8-9-10-11-12-13-14-15-16-17-20-24-23(22-26)19-18-21-25(24)27/h18-19,21H,2-17,20,22H2,1H3. The van der Waals surface area contributed by atoms with Crippen molar-refractivity contribution in [2.24, 2.45) is 0 Å². The lowest BCUT2D eigenvalue weighted by Gasteiger charge is -2.10. The van der Waals surface area contributed by atoms with Crippen molar-refractivity contribution in [1.82, 2.24) is 0 Å². The molecule has 0 heterocycles. The molecule has 0 aliphatic heterocycles. The Bertz CT molecular complexity index is 458. The van der Waals surface area contributed by atoms with Crippen LogP contribution in [0.2, 0.25) is 0 Å². The molecule has 3 radical (unpaired) electrons. The molecular weight excluding hydrogens is 364 g/mol. The van der Waals surface area contributed by atoms with Crippen LogP contribution in [0.4, 0.5) is 0 Å². The molecule has 0 bridgehead atoms. The summed E-state index contributed by atoms with van der Waals surface area (Å²) in [4.78, 5) is 0. The van der Waals surface area contributed by atoms with Gasteiger partial charge in [-0.05, 0) is 24.0 Å². The molecule has 0 unspecified atom stereocenters. The zero-order chi connectivity index (χ0) is 19.6. The highest BCUT2D eigenvalue weighted by molar-refractivity contribution is 6.33. The Labute approximate surface area is 178 Å². The lowest BCUT2D eigenvalue weighted by molar-refractivity contribution is 0.529. The SMILES string of the molecule is CCCCCCCCCCCCCCCCCCc1c([Si])cccc1CCl. The Morgan fingerprint density at radius 3 is 1.56 bits per heavy atom. The number of halogens is 1. The summed E-state index contributed by atoms with van der Waals surface area (Å²) >= 11 is 6.06.